The third-order valence-corrected chi connectivity index (χ3v) is 6.30. The zero-order chi connectivity index (χ0) is 23.1. The fourth-order valence-corrected chi connectivity index (χ4v) is 4.22. The summed E-state index contributed by atoms with van der Waals surface area (Å²) in [5.41, 5.74) is 0.716. The highest BCUT2D eigenvalue weighted by atomic mass is 32.2. The van der Waals surface area contributed by atoms with E-state index in [-0.39, 0.29) is 23.8 Å². The number of ether oxygens (including phenoxy) is 2. The van der Waals surface area contributed by atoms with Crippen molar-refractivity contribution in [2.24, 2.45) is 7.05 Å². The van der Waals surface area contributed by atoms with Crippen LogP contribution in [0.4, 0.5) is 0 Å². The zero-order valence-corrected chi connectivity index (χ0v) is 18.9. The van der Waals surface area contributed by atoms with E-state index in [4.69, 9.17) is 9.47 Å². The van der Waals surface area contributed by atoms with E-state index in [0.717, 1.165) is 0 Å². The molecule has 2 aromatic carbocycles. The molecule has 1 heterocycles. The fraction of sp³-hybridized carbons (Fsp3) is 0.273. The molecule has 0 bridgehead atoms. The number of carbonyl (C=O) groups excluding carboxylic acids is 1. The van der Waals surface area contributed by atoms with Crippen molar-refractivity contribution < 1.29 is 22.7 Å². The summed E-state index contributed by atoms with van der Waals surface area (Å²) in [6.07, 6.45) is 3.37. The highest BCUT2D eigenvalue weighted by Gasteiger charge is 2.23. The van der Waals surface area contributed by atoms with Crippen LogP contribution < -0.4 is 19.5 Å². The lowest BCUT2D eigenvalue weighted by Gasteiger charge is -2.20. The quantitative estimate of drug-likeness (QED) is 0.481. The Morgan fingerprint density at radius 1 is 1.09 bits per heavy atom. The van der Waals surface area contributed by atoms with E-state index in [1.54, 1.807) is 67.6 Å². The summed E-state index contributed by atoms with van der Waals surface area (Å²) in [7, 11) is 1.24. The van der Waals surface area contributed by atoms with Crippen LogP contribution in [0.3, 0.4) is 0 Å². The molecule has 2 N–H and O–H groups in total. The number of rotatable bonds is 10. The molecule has 0 radical (unpaired) electrons. The largest absolute Gasteiger partial charge is 0.497 e. The van der Waals surface area contributed by atoms with Gasteiger partial charge in [0.05, 0.1) is 19.1 Å². The molecule has 1 unspecified atom stereocenters. The van der Waals surface area contributed by atoms with Crippen LogP contribution in [0.1, 0.15) is 23.9 Å². The lowest BCUT2D eigenvalue weighted by Crippen LogP contribution is -2.34. The number of nitrogens with zero attached hydrogens (tertiary/aromatic N) is 2. The summed E-state index contributed by atoms with van der Waals surface area (Å²) in [5, 5.41) is 2.94. The van der Waals surface area contributed by atoms with E-state index < -0.39 is 16.1 Å². The Hall–Kier alpha value is -3.37. The van der Waals surface area contributed by atoms with Crippen LogP contribution in [0, 0.1) is 0 Å². The fourth-order valence-electron chi connectivity index (χ4n) is 3.16. The topological polar surface area (TPSA) is 112 Å². The minimum absolute atomic E-state index is 0.0439. The summed E-state index contributed by atoms with van der Waals surface area (Å²) in [5.74, 6) is 1.42. The molecule has 0 saturated carbocycles. The van der Waals surface area contributed by atoms with Crippen molar-refractivity contribution >= 4 is 15.9 Å². The van der Waals surface area contributed by atoms with Gasteiger partial charge >= 0.3 is 0 Å². The molecule has 0 fully saturated rings. The number of methoxy groups -OCH3 is 2. The Labute approximate surface area is 187 Å². The maximum absolute atomic E-state index is 12.7. The van der Waals surface area contributed by atoms with Gasteiger partial charge in [0.15, 0.2) is 0 Å². The van der Waals surface area contributed by atoms with Crippen LogP contribution in [-0.4, -0.2) is 44.6 Å². The number of imidazole rings is 1. The number of carbonyl (C=O) groups is 1. The van der Waals surface area contributed by atoms with Gasteiger partial charge in [0, 0.05) is 38.5 Å². The summed E-state index contributed by atoms with van der Waals surface area (Å²) >= 11 is 0. The van der Waals surface area contributed by atoms with Crippen molar-refractivity contribution in [1.82, 2.24) is 19.6 Å². The number of amides is 1. The molecule has 1 aromatic heterocycles. The van der Waals surface area contributed by atoms with E-state index in [1.165, 1.54) is 12.1 Å². The van der Waals surface area contributed by atoms with Crippen molar-refractivity contribution in [3.8, 4) is 11.5 Å². The van der Waals surface area contributed by atoms with Crippen molar-refractivity contribution in [3.05, 3.63) is 72.3 Å². The Morgan fingerprint density at radius 3 is 2.31 bits per heavy atom. The van der Waals surface area contributed by atoms with E-state index in [2.05, 4.69) is 15.0 Å². The second-order valence-corrected chi connectivity index (χ2v) is 8.77. The maximum Gasteiger partial charge on any atom is 0.240 e. The Balaban J connectivity index is 1.75. The van der Waals surface area contributed by atoms with E-state index in [1.807, 2.05) is 7.05 Å². The molecule has 0 aliphatic carbocycles. The molecule has 1 amide bonds. The number of benzene rings is 2. The first kappa shape index (κ1) is 23.3. The Morgan fingerprint density at radius 2 is 1.75 bits per heavy atom. The van der Waals surface area contributed by atoms with Crippen molar-refractivity contribution in [1.29, 1.82) is 0 Å². The molecule has 3 rings (SSSR count). The molecule has 32 heavy (non-hydrogen) atoms. The highest BCUT2D eigenvalue weighted by Crippen LogP contribution is 2.29. The van der Waals surface area contributed by atoms with Crippen molar-refractivity contribution in [3.63, 3.8) is 0 Å². The minimum Gasteiger partial charge on any atom is -0.497 e. The number of aryl methyl sites for hydroxylation is 1. The SMILES string of the molecule is COc1cc(OC)cc(C(NC(=O)CCNS(=O)(=O)c2ccccc2)c2nccn2C)c1. The number of nitrogens with one attached hydrogen (secondary N) is 2. The average molecular weight is 459 g/mol. The molecular formula is C22H26N4O5S. The van der Waals surface area contributed by atoms with Crippen LogP contribution >= 0.6 is 0 Å². The van der Waals surface area contributed by atoms with Gasteiger partial charge in [-0.05, 0) is 29.8 Å². The highest BCUT2D eigenvalue weighted by molar-refractivity contribution is 7.89. The summed E-state index contributed by atoms with van der Waals surface area (Å²) in [6.45, 7) is -0.0439. The second-order valence-electron chi connectivity index (χ2n) is 7.00. The Kier molecular flexibility index (Phi) is 7.49. The van der Waals surface area contributed by atoms with Gasteiger partial charge in [0.2, 0.25) is 15.9 Å². The zero-order valence-electron chi connectivity index (χ0n) is 18.1. The van der Waals surface area contributed by atoms with Crippen molar-refractivity contribution in [2.75, 3.05) is 20.8 Å². The molecule has 0 aliphatic heterocycles. The maximum atomic E-state index is 12.7. The van der Waals surface area contributed by atoms with Crippen LogP contribution in [0.2, 0.25) is 0 Å². The van der Waals surface area contributed by atoms with Gasteiger partial charge in [-0.1, -0.05) is 18.2 Å². The minimum atomic E-state index is -3.68. The monoisotopic (exact) mass is 458 g/mol. The average Bonchev–Trinajstić information content (AvgIpc) is 3.23. The predicted molar refractivity (Wildman–Crippen MR) is 119 cm³/mol. The summed E-state index contributed by atoms with van der Waals surface area (Å²) in [4.78, 5) is 17.2. The smallest absolute Gasteiger partial charge is 0.240 e. The van der Waals surface area contributed by atoms with Crippen LogP contribution in [0.15, 0.2) is 65.8 Å². The first-order chi connectivity index (χ1) is 15.3. The predicted octanol–water partition coefficient (Wildman–Crippen LogP) is 2.01. The van der Waals surface area contributed by atoms with E-state index >= 15 is 0 Å². The second kappa shape index (κ2) is 10.3. The van der Waals surface area contributed by atoms with Gasteiger partial charge in [-0.2, -0.15) is 0 Å². The molecule has 10 heteroatoms. The van der Waals surface area contributed by atoms with Gasteiger partial charge < -0.3 is 19.4 Å². The normalized spacial score (nSPS) is 12.2. The van der Waals surface area contributed by atoms with Crippen LogP contribution in [0.25, 0.3) is 0 Å². The van der Waals surface area contributed by atoms with Crippen LogP contribution in [-0.2, 0) is 21.9 Å². The molecule has 0 spiro atoms. The molecule has 170 valence electrons. The molecular weight excluding hydrogens is 432 g/mol. The lowest BCUT2D eigenvalue weighted by atomic mass is 10.0. The van der Waals surface area contributed by atoms with Crippen molar-refractivity contribution in [2.45, 2.75) is 17.4 Å². The van der Waals surface area contributed by atoms with Gasteiger partial charge in [-0.15, -0.1) is 0 Å². The van der Waals surface area contributed by atoms with Gasteiger partial charge in [-0.3, -0.25) is 4.79 Å². The summed E-state index contributed by atoms with van der Waals surface area (Å²) < 4.78 is 39.6. The third kappa shape index (κ3) is 5.65. The van der Waals surface area contributed by atoms with E-state index in [0.29, 0.717) is 22.9 Å². The number of aromatic nitrogens is 2. The molecule has 0 saturated heterocycles. The van der Waals surface area contributed by atoms with Gasteiger partial charge in [0.25, 0.3) is 0 Å². The number of sulfonamides is 1. The van der Waals surface area contributed by atoms with Gasteiger partial charge in [-0.25, -0.2) is 18.1 Å². The molecule has 9 nitrogen and oxygen atoms in total. The lowest BCUT2D eigenvalue weighted by molar-refractivity contribution is -0.121. The van der Waals surface area contributed by atoms with Crippen LogP contribution in [0.5, 0.6) is 11.5 Å². The molecule has 1 atom stereocenters. The molecule has 3 aromatic rings. The number of hydrogen-bond donors (Lipinski definition) is 2. The third-order valence-electron chi connectivity index (χ3n) is 4.83. The first-order valence-electron chi connectivity index (χ1n) is 9.88. The van der Waals surface area contributed by atoms with Gasteiger partial charge in [0.1, 0.15) is 23.4 Å². The molecule has 0 aliphatic rings. The van der Waals surface area contributed by atoms with E-state index in [9.17, 15) is 13.2 Å². The number of hydrogen-bond acceptors (Lipinski definition) is 6. The Bertz CT molecular complexity index is 1140. The summed E-state index contributed by atoms with van der Waals surface area (Å²) in [6, 6.07) is 12.7. The standard InChI is InChI=1S/C22H26N4O5S/c1-26-12-11-23-22(26)21(16-13-17(30-2)15-18(14-16)31-3)25-20(27)9-10-24-32(28,29)19-7-5-4-6-8-19/h4-8,11-15,21,24H,9-10H2,1-3H3,(H,25,27). The first-order valence-corrected chi connectivity index (χ1v) is 11.4.